The first-order chi connectivity index (χ1) is 11.0. The van der Waals surface area contributed by atoms with Crippen LogP contribution in [0.5, 0.6) is 5.75 Å². The van der Waals surface area contributed by atoms with Crippen molar-refractivity contribution >= 4 is 23.2 Å². The van der Waals surface area contributed by atoms with Gasteiger partial charge >= 0.3 is 0 Å². The molecule has 0 aliphatic carbocycles. The fourth-order valence-corrected chi connectivity index (χ4v) is 2.36. The Balaban J connectivity index is 1.90. The Hall–Kier alpha value is -2.00. The zero-order chi connectivity index (χ0) is 16.8. The van der Waals surface area contributed by atoms with Crippen LogP contribution in [0.15, 0.2) is 42.5 Å². The minimum Gasteiger partial charge on any atom is -0.484 e. The molecule has 0 unspecified atom stereocenters. The van der Waals surface area contributed by atoms with Crippen molar-refractivity contribution < 1.29 is 9.53 Å². The summed E-state index contributed by atoms with van der Waals surface area (Å²) < 4.78 is 5.53. The number of anilines is 1. The smallest absolute Gasteiger partial charge is 0.262 e. The molecule has 0 spiro atoms. The van der Waals surface area contributed by atoms with E-state index in [1.165, 1.54) is 5.56 Å². The summed E-state index contributed by atoms with van der Waals surface area (Å²) in [4.78, 5) is 12.0. The number of halogens is 1. The topological polar surface area (TPSA) is 38.3 Å². The van der Waals surface area contributed by atoms with Crippen molar-refractivity contribution in [3.63, 3.8) is 0 Å². The van der Waals surface area contributed by atoms with Gasteiger partial charge < -0.3 is 10.1 Å². The van der Waals surface area contributed by atoms with Crippen molar-refractivity contribution in [3.8, 4) is 5.75 Å². The lowest BCUT2D eigenvalue weighted by Gasteiger charge is -2.12. The zero-order valence-electron chi connectivity index (χ0n) is 13.7. The van der Waals surface area contributed by atoms with E-state index in [0.29, 0.717) is 22.4 Å². The number of hydrogen-bond donors (Lipinski definition) is 1. The molecular weight excluding hydrogens is 310 g/mol. The first kappa shape index (κ1) is 17.4. The third-order valence-electron chi connectivity index (χ3n) is 3.91. The van der Waals surface area contributed by atoms with Crippen molar-refractivity contribution in [2.45, 2.75) is 33.1 Å². The molecule has 0 fully saturated rings. The highest BCUT2D eigenvalue weighted by molar-refractivity contribution is 6.31. The third kappa shape index (κ3) is 5.00. The molecule has 4 heteroatoms. The van der Waals surface area contributed by atoms with E-state index >= 15 is 0 Å². The van der Waals surface area contributed by atoms with Gasteiger partial charge in [0.05, 0.1) is 0 Å². The maximum absolute atomic E-state index is 12.0. The fraction of sp³-hybridized carbons (Fsp3) is 0.316. The van der Waals surface area contributed by atoms with Gasteiger partial charge in [-0.1, -0.05) is 43.6 Å². The fourth-order valence-electron chi connectivity index (χ4n) is 2.19. The van der Waals surface area contributed by atoms with Gasteiger partial charge in [0.25, 0.3) is 5.91 Å². The summed E-state index contributed by atoms with van der Waals surface area (Å²) in [6.45, 7) is 6.24. The molecule has 2 aromatic carbocycles. The van der Waals surface area contributed by atoms with Crippen molar-refractivity contribution in [2.24, 2.45) is 0 Å². The molecule has 122 valence electrons. The summed E-state index contributed by atoms with van der Waals surface area (Å²) in [5.74, 6) is 1.01. The van der Waals surface area contributed by atoms with Crippen LogP contribution in [0.25, 0.3) is 0 Å². The third-order valence-corrected chi connectivity index (χ3v) is 4.14. The van der Waals surface area contributed by atoms with Gasteiger partial charge in [-0.05, 0) is 54.7 Å². The summed E-state index contributed by atoms with van der Waals surface area (Å²) >= 11 is 5.94. The molecular formula is C19H22ClNO2. The first-order valence-corrected chi connectivity index (χ1v) is 8.16. The van der Waals surface area contributed by atoms with E-state index in [0.717, 1.165) is 12.0 Å². The van der Waals surface area contributed by atoms with Crippen molar-refractivity contribution in [1.29, 1.82) is 0 Å². The molecule has 0 saturated heterocycles. The van der Waals surface area contributed by atoms with Crippen LogP contribution in [0, 0.1) is 6.92 Å². The molecule has 3 nitrogen and oxygen atoms in total. The molecule has 1 N–H and O–H groups in total. The van der Waals surface area contributed by atoms with Gasteiger partial charge in [-0.2, -0.15) is 0 Å². The predicted molar refractivity (Wildman–Crippen MR) is 95.5 cm³/mol. The van der Waals surface area contributed by atoms with Crippen LogP contribution < -0.4 is 10.1 Å². The Bertz CT molecular complexity index is 668. The van der Waals surface area contributed by atoms with E-state index in [1.807, 2.05) is 37.3 Å². The molecule has 0 aliphatic heterocycles. The Labute approximate surface area is 142 Å². The van der Waals surface area contributed by atoms with E-state index in [9.17, 15) is 4.79 Å². The molecule has 1 atom stereocenters. The van der Waals surface area contributed by atoms with Gasteiger partial charge in [-0.15, -0.1) is 0 Å². The lowest BCUT2D eigenvalue weighted by atomic mass is 9.99. The minimum absolute atomic E-state index is 0.0331. The van der Waals surface area contributed by atoms with Gasteiger partial charge in [-0.3, -0.25) is 4.79 Å². The van der Waals surface area contributed by atoms with Crippen molar-refractivity contribution in [2.75, 3.05) is 11.9 Å². The lowest BCUT2D eigenvalue weighted by Crippen LogP contribution is -2.20. The van der Waals surface area contributed by atoms with Crippen LogP contribution in [-0.4, -0.2) is 12.5 Å². The van der Waals surface area contributed by atoms with Crippen molar-refractivity contribution in [1.82, 2.24) is 0 Å². The molecule has 0 heterocycles. The summed E-state index contributed by atoms with van der Waals surface area (Å²) in [6, 6.07) is 13.3. The van der Waals surface area contributed by atoms with E-state index < -0.39 is 0 Å². The SMILES string of the molecule is CC[C@H](C)c1ccc(OCC(=O)Nc2cc(Cl)ccc2C)cc1. The average molecular weight is 332 g/mol. The maximum atomic E-state index is 12.0. The second-order valence-electron chi connectivity index (χ2n) is 5.67. The summed E-state index contributed by atoms with van der Waals surface area (Å²) in [5, 5.41) is 3.40. The van der Waals surface area contributed by atoms with E-state index in [1.54, 1.807) is 12.1 Å². The standard InChI is InChI=1S/C19H22ClNO2/c1-4-13(2)15-6-9-17(10-7-15)23-12-19(22)21-18-11-16(20)8-5-14(18)3/h5-11,13H,4,12H2,1-3H3,(H,21,22)/t13-/m0/s1. The van der Waals surface area contributed by atoms with Crippen LogP contribution in [0.2, 0.25) is 5.02 Å². The van der Waals surface area contributed by atoms with Gasteiger partial charge in [0.1, 0.15) is 5.75 Å². The zero-order valence-corrected chi connectivity index (χ0v) is 14.5. The number of benzene rings is 2. The molecule has 2 aromatic rings. The molecule has 0 aromatic heterocycles. The number of carbonyl (C=O) groups excluding carboxylic acids is 1. The number of ether oxygens (including phenoxy) is 1. The molecule has 0 bridgehead atoms. The van der Waals surface area contributed by atoms with Crippen molar-refractivity contribution in [3.05, 3.63) is 58.6 Å². The monoisotopic (exact) mass is 331 g/mol. The lowest BCUT2D eigenvalue weighted by molar-refractivity contribution is -0.118. The van der Waals surface area contributed by atoms with E-state index in [4.69, 9.17) is 16.3 Å². The highest BCUT2D eigenvalue weighted by atomic mass is 35.5. The highest BCUT2D eigenvalue weighted by Crippen LogP contribution is 2.22. The molecule has 2 rings (SSSR count). The Morgan fingerprint density at radius 2 is 1.91 bits per heavy atom. The Morgan fingerprint density at radius 1 is 1.22 bits per heavy atom. The molecule has 0 radical (unpaired) electrons. The quantitative estimate of drug-likeness (QED) is 0.792. The van der Waals surface area contributed by atoms with Gasteiger partial charge in [0, 0.05) is 10.7 Å². The van der Waals surface area contributed by atoms with Crippen LogP contribution in [0.1, 0.15) is 37.3 Å². The minimum atomic E-state index is -0.207. The number of aryl methyl sites for hydroxylation is 1. The van der Waals surface area contributed by atoms with Crippen LogP contribution in [0.4, 0.5) is 5.69 Å². The van der Waals surface area contributed by atoms with Crippen LogP contribution in [-0.2, 0) is 4.79 Å². The summed E-state index contributed by atoms with van der Waals surface area (Å²) in [7, 11) is 0. The first-order valence-electron chi connectivity index (χ1n) is 7.78. The Kier molecular flexibility index (Phi) is 6.05. The van der Waals surface area contributed by atoms with Crippen LogP contribution >= 0.6 is 11.6 Å². The molecule has 1 amide bonds. The number of carbonyl (C=O) groups is 1. The van der Waals surface area contributed by atoms with Gasteiger partial charge in [-0.25, -0.2) is 0 Å². The van der Waals surface area contributed by atoms with E-state index in [-0.39, 0.29) is 12.5 Å². The normalized spacial score (nSPS) is 11.8. The van der Waals surface area contributed by atoms with Gasteiger partial charge in [0.15, 0.2) is 6.61 Å². The largest absolute Gasteiger partial charge is 0.484 e. The Morgan fingerprint density at radius 3 is 2.57 bits per heavy atom. The molecule has 23 heavy (non-hydrogen) atoms. The molecule has 0 saturated carbocycles. The number of rotatable bonds is 6. The number of nitrogens with one attached hydrogen (secondary N) is 1. The summed E-state index contributed by atoms with van der Waals surface area (Å²) in [6.07, 6.45) is 1.10. The second kappa shape index (κ2) is 8.02. The number of amides is 1. The maximum Gasteiger partial charge on any atom is 0.262 e. The van der Waals surface area contributed by atoms with Gasteiger partial charge in [0.2, 0.25) is 0 Å². The second-order valence-corrected chi connectivity index (χ2v) is 6.11. The summed E-state index contributed by atoms with van der Waals surface area (Å²) in [5.41, 5.74) is 2.94. The molecule has 0 aliphatic rings. The van der Waals surface area contributed by atoms with Crippen LogP contribution in [0.3, 0.4) is 0 Å². The average Bonchev–Trinajstić information content (AvgIpc) is 2.56. The highest BCUT2D eigenvalue weighted by Gasteiger charge is 2.07. The number of hydrogen-bond acceptors (Lipinski definition) is 2. The predicted octanol–water partition coefficient (Wildman–Crippen LogP) is 5.18. The van der Waals surface area contributed by atoms with E-state index in [2.05, 4.69) is 19.2 Å².